The van der Waals surface area contributed by atoms with Crippen LogP contribution in [0.3, 0.4) is 0 Å². The Labute approximate surface area is 163 Å². The summed E-state index contributed by atoms with van der Waals surface area (Å²) in [4.78, 5) is 14.2. The summed E-state index contributed by atoms with van der Waals surface area (Å²) < 4.78 is 5.38. The van der Waals surface area contributed by atoms with Crippen molar-refractivity contribution in [1.29, 1.82) is 0 Å². The molecule has 5 nitrogen and oxygen atoms in total. The molecule has 2 rings (SSSR count). The highest BCUT2D eigenvalue weighted by Crippen LogP contribution is 2.33. The van der Waals surface area contributed by atoms with Crippen LogP contribution in [0.2, 0.25) is 15.1 Å². The quantitative estimate of drug-likeness (QED) is 0.530. The first-order chi connectivity index (χ1) is 11.1. The van der Waals surface area contributed by atoms with Crippen molar-refractivity contribution in [3.05, 3.63) is 27.2 Å². The normalized spacial score (nSPS) is 14.8. The van der Waals surface area contributed by atoms with E-state index < -0.39 is 0 Å². The van der Waals surface area contributed by atoms with Crippen LogP contribution < -0.4 is 15.4 Å². The maximum atomic E-state index is 11.8. The van der Waals surface area contributed by atoms with Crippen molar-refractivity contribution < 1.29 is 9.53 Å². The fourth-order valence-corrected chi connectivity index (χ4v) is 2.87. The number of carbonyl (C=O) groups is 1. The van der Waals surface area contributed by atoms with Gasteiger partial charge in [-0.3, -0.25) is 4.79 Å². The predicted octanol–water partition coefficient (Wildman–Crippen LogP) is 2.86. The number of nitrogens with zero attached hydrogens (tertiary/aromatic N) is 1. The lowest BCUT2D eigenvalue weighted by atomic mass is 10.3. The van der Waals surface area contributed by atoms with Crippen LogP contribution >= 0.6 is 47.2 Å². The molecule has 1 heterocycles. The first kappa shape index (κ1) is 21.6. The topological polar surface area (TPSA) is 53.6 Å². The van der Waals surface area contributed by atoms with E-state index in [0.29, 0.717) is 27.4 Å². The molecule has 1 aromatic rings. The van der Waals surface area contributed by atoms with Gasteiger partial charge >= 0.3 is 0 Å². The molecule has 0 atom stereocenters. The molecule has 1 amide bonds. The first-order valence-electron chi connectivity index (χ1n) is 7.53. The van der Waals surface area contributed by atoms with Crippen LogP contribution in [0.25, 0.3) is 0 Å². The van der Waals surface area contributed by atoms with E-state index in [2.05, 4.69) is 15.5 Å². The Morgan fingerprint density at radius 3 is 2.54 bits per heavy atom. The second kappa shape index (κ2) is 11.2. The molecular weight excluding hydrogens is 396 g/mol. The number of hydrogen-bond donors (Lipinski definition) is 2. The van der Waals surface area contributed by atoms with E-state index in [0.717, 1.165) is 39.1 Å². The molecule has 0 bridgehead atoms. The molecule has 1 aliphatic rings. The van der Waals surface area contributed by atoms with E-state index in [-0.39, 0.29) is 24.9 Å². The highest BCUT2D eigenvalue weighted by Gasteiger charge is 2.10. The molecule has 1 saturated heterocycles. The van der Waals surface area contributed by atoms with Crippen LogP contribution in [-0.4, -0.2) is 56.7 Å². The van der Waals surface area contributed by atoms with Gasteiger partial charge in [0.25, 0.3) is 5.91 Å². The predicted molar refractivity (Wildman–Crippen MR) is 101 cm³/mol. The minimum absolute atomic E-state index is 0. The number of carbonyl (C=O) groups excluding carboxylic acids is 1. The van der Waals surface area contributed by atoms with E-state index in [1.807, 2.05) is 0 Å². The third kappa shape index (κ3) is 7.21. The van der Waals surface area contributed by atoms with Gasteiger partial charge in [-0.15, -0.1) is 12.4 Å². The summed E-state index contributed by atoms with van der Waals surface area (Å²) in [6.45, 7) is 5.70. The van der Waals surface area contributed by atoms with Crippen LogP contribution in [0.4, 0.5) is 0 Å². The van der Waals surface area contributed by atoms with E-state index in [1.165, 1.54) is 12.1 Å². The van der Waals surface area contributed by atoms with E-state index in [9.17, 15) is 4.79 Å². The molecular formula is C15H21Cl4N3O2. The van der Waals surface area contributed by atoms with Crippen LogP contribution in [-0.2, 0) is 4.79 Å². The van der Waals surface area contributed by atoms with E-state index in [4.69, 9.17) is 39.5 Å². The summed E-state index contributed by atoms with van der Waals surface area (Å²) in [5.74, 6) is 0.157. The lowest BCUT2D eigenvalue weighted by Crippen LogP contribution is -2.44. The molecule has 2 N–H and O–H groups in total. The molecule has 0 saturated carbocycles. The van der Waals surface area contributed by atoms with Gasteiger partial charge in [0.05, 0.1) is 15.1 Å². The Hall–Kier alpha value is -0.430. The lowest BCUT2D eigenvalue weighted by molar-refractivity contribution is -0.123. The Morgan fingerprint density at radius 1 is 1.17 bits per heavy atom. The van der Waals surface area contributed by atoms with Gasteiger partial charge in [-0.1, -0.05) is 34.8 Å². The molecule has 0 spiro atoms. The molecule has 0 unspecified atom stereocenters. The second-order valence-electron chi connectivity index (χ2n) is 5.28. The smallest absolute Gasteiger partial charge is 0.257 e. The van der Waals surface area contributed by atoms with Gasteiger partial charge in [0.15, 0.2) is 6.61 Å². The molecule has 0 radical (unpaired) electrons. The Bertz CT molecular complexity index is 540. The second-order valence-corrected chi connectivity index (χ2v) is 6.50. The lowest BCUT2D eigenvalue weighted by Gasteiger charge is -2.27. The number of piperazine rings is 1. The monoisotopic (exact) mass is 415 g/mol. The Balaban J connectivity index is 0.00000288. The van der Waals surface area contributed by atoms with Gasteiger partial charge in [-0.2, -0.15) is 0 Å². The zero-order valence-corrected chi connectivity index (χ0v) is 16.2. The van der Waals surface area contributed by atoms with Crippen molar-refractivity contribution in [2.75, 3.05) is 45.9 Å². The largest absolute Gasteiger partial charge is 0.482 e. The number of benzene rings is 1. The van der Waals surface area contributed by atoms with Gasteiger partial charge in [0.2, 0.25) is 0 Å². The highest BCUT2D eigenvalue weighted by molar-refractivity contribution is 6.43. The molecule has 0 aromatic heterocycles. The molecule has 1 fully saturated rings. The number of rotatable bonds is 7. The van der Waals surface area contributed by atoms with Crippen molar-refractivity contribution in [3.8, 4) is 5.75 Å². The third-order valence-electron chi connectivity index (χ3n) is 3.52. The summed E-state index contributed by atoms with van der Waals surface area (Å²) in [6, 6.07) is 3.00. The highest BCUT2D eigenvalue weighted by atomic mass is 35.5. The third-order valence-corrected chi connectivity index (χ3v) is 4.53. The maximum Gasteiger partial charge on any atom is 0.257 e. The first-order valence-corrected chi connectivity index (χ1v) is 8.67. The van der Waals surface area contributed by atoms with Gasteiger partial charge < -0.3 is 20.3 Å². The summed E-state index contributed by atoms with van der Waals surface area (Å²) in [7, 11) is 0. The van der Waals surface area contributed by atoms with Crippen LogP contribution in [0, 0.1) is 0 Å². The summed E-state index contributed by atoms with van der Waals surface area (Å²) >= 11 is 17.7. The zero-order chi connectivity index (χ0) is 16.7. The molecule has 136 valence electrons. The fourth-order valence-electron chi connectivity index (χ4n) is 2.27. The van der Waals surface area contributed by atoms with Crippen LogP contribution in [0.1, 0.15) is 6.42 Å². The van der Waals surface area contributed by atoms with Crippen molar-refractivity contribution >= 4 is 53.1 Å². The number of nitrogens with one attached hydrogen (secondary N) is 2. The molecule has 9 heteroatoms. The number of amides is 1. The zero-order valence-electron chi connectivity index (χ0n) is 13.1. The average Bonchev–Trinajstić information content (AvgIpc) is 2.55. The molecule has 1 aliphatic heterocycles. The number of ether oxygens (including phenoxy) is 1. The summed E-state index contributed by atoms with van der Waals surface area (Å²) in [5.41, 5.74) is 0. The van der Waals surface area contributed by atoms with Crippen molar-refractivity contribution in [1.82, 2.24) is 15.5 Å². The Kier molecular flexibility index (Phi) is 10.1. The van der Waals surface area contributed by atoms with Gasteiger partial charge in [-0.05, 0) is 19.0 Å². The van der Waals surface area contributed by atoms with Crippen LogP contribution in [0.15, 0.2) is 12.1 Å². The van der Waals surface area contributed by atoms with E-state index in [1.54, 1.807) is 0 Å². The average molecular weight is 417 g/mol. The molecule has 0 aliphatic carbocycles. The summed E-state index contributed by atoms with van der Waals surface area (Å²) in [5, 5.41) is 7.15. The van der Waals surface area contributed by atoms with Crippen molar-refractivity contribution in [2.24, 2.45) is 0 Å². The Morgan fingerprint density at radius 2 is 1.83 bits per heavy atom. The summed E-state index contributed by atoms with van der Waals surface area (Å²) in [6.07, 6.45) is 0.916. The van der Waals surface area contributed by atoms with Gasteiger partial charge in [-0.25, -0.2) is 0 Å². The SMILES string of the molecule is Cl.O=C(COc1cc(Cl)c(Cl)cc1Cl)NCCCN1CCNCC1. The molecule has 24 heavy (non-hydrogen) atoms. The minimum atomic E-state index is -0.188. The van der Waals surface area contributed by atoms with Crippen LogP contribution in [0.5, 0.6) is 5.75 Å². The fraction of sp³-hybridized carbons (Fsp3) is 0.533. The number of halogens is 4. The maximum absolute atomic E-state index is 11.8. The molecule has 1 aromatic carbocycles. The number of hydrogen-bond acceptors (Lipinski definition) is 4. The van der Waals surface area contributed by atoms with Gasteiger partial charge in [0, 0.05) is 38.8 Å². The standard InChI is InChI=1S/C15H20Cl3N3O2.ClH/c16-11-8-13(18)14(9-12(11)17)23-10-15(22)20-2-1-5-21-6-3-19-4-7-21;/h8-9,19H,1-7,10H2,(H,20,22);1H. The van der Waals surface area contributed by atoms with Gasteiger partial charge in [0.1, 0.15) is 5.75 Å². The van der Waals surface area contributed by atoms with E-state index >= 15 is 0 Å². The minimum Gasteiger partial charge on any atom is -0.482 e. The van der Waals surface area contributed by atoms with Crippen molar-refractivity contribution in [2.45, 2.75) is 6.42 Å². The van der Waals surface area contributed by atoms with Crippen molar-refractivity contribution in [3.63, 3.8) is 0 Å².